The zero-order chi connectivity index (χ0) is 15.3. The van der Waals surface area contributed by atoms with E-state index in [0.29, 0.717) is 23.5 Å². The monoisotopic (exact) mass is 298 g/mol. The summed E-state index contributed by atoms with van der Waals surface area (Å²) in [5, 5.41) is 0. The minimum atomic E-state index is -0.0244. The van der Waals surface area contributed by atoms with Crippen LogP contribution in [0.1, 0.15) is 62.5 Å². The summed E-state index contributed by atoms with van der Waals surface area (Å²) in [6.45, 7) is 2.26. The van der Waals surface area contributed by atoms with Crippen molar-refractivity contribution in [3.63, 3.8) is 0 Å². The zero-order valence-electron chi connectivity index (χ0n) is 13.7. The molecule has 0 unspecified atom stereocenters. The van der Waals surface area contributed by atoms with Crippen molar-refractivity contribution in [2.45, 2.75) is 57.8 Å². The number of aryl methyl sites for hydroxylation is 1. The first-order valence-electron chi connectivity index (χ1n) is 8.83. The quantitative estimate of drug-likeness (QED) is 0.762. The van der Waals surface area contributed by atoms with E-state index in [4.69, 9.17) is 4.74 Å². The van der Waals surface area contributed by atoms with Crippen molar-refractivity contribution in [2.75, 3.05) is 7.11 Å². The maximum absolute atomic E-state index is 12.5. The SMILES string of the molecule is COc1ccc2c(c1)CC[C@@H]1[C@@H]2CC[C@]2(C)C(=O)CCC[C@@H]12. The molecule has 2 nitrogen and oxygen atoms in total. The molecular weight excluding hydrogens is 272 g/mol. The minimum Gasteiger partial charge on any atom is -0.497 e. The standard InChI is InChI=1S/C20H26O2/c1-20-11-10-16-15-9-7-14(22-2)12-13(15)6-8-17(16)18(20)4-3-5-19(20)21/h7,9,12,16-18H,3-6,8,10-11H2,1-2H3/t16-,17-,18+,20+/m1/s1. The van der Waals surface area contributed by atoms with Crippen molar-refractivity contribution in [2.24, 2.45) is 17.3 Å². The molecule has 0 aliphatic heterocycles. The van der Waals surface area contributed by atoms with Crippen molar-refractivity contribution < 1.29 is 9.53 Å². The van der Waals surface area contributed by atoms with Gasteiger partial charge in [-0.3, -0.25) is 4.79 Å². The van der Waals surface area contributed by atoms with Crippen LogP contribution >= 0.6 is 0 Å². The van der Waals surface area contributed by atoms with Crippen LogP contribution in [0.15, 0.2) is 18.2 Å². The second-order valence-electron chi connectivity index (χ2n) is 7.75. The molecule has 0 N–H and O–H groups in total. The summed E-state index contributed by atoms with van der Waals surface area (Å²) in [5.41, 5.74) is 2.99. The van der Waals surface area contributed by atoms with Gasteiger partial charge < -0.3 is 4.74 Å². The Balaban J connectivity index is 1.69. The van der Waals surface area contributed by atoms with Crippen LogP contribution in [0.2, 0.25) is 0 Å². The summed E-state index contributed by atoms with van der Waals surface area (Å²) in [7, 11) is 1.74. The van der Waals surface area contributed by atoms with E-state index in [1.807, 2.05) is 0 Å². The summed E-state index contributed by atoms with van der Waals surface area (Å²) in [4.78, 5) is 12.5. The van der Waals surface area contributed by atoms with Gasteiger partial charge in [-0.05, 0) is 79.5 Å². The summed E-state index contributed by atoms with van der Waals surface area (Å²) < 4.78 is 5.39. The fraction of sp³-hybridized carbons (Fsp3) is 0.650. The van der Waals surface area contributed by atoms with Crippen LogP contribution in [0.4, 0.5) is 0 Å². The van der Waals surface area contributed by atoms with E-state index in [9.17, 15) is 4.79 Å². The average molecular weight is 298 g/mol. The highest BCUT2D eigenvalue weighted by Gasteiger charge is 2.52. The molecule has 4 rings (SSSR count). The minimum absolute atomic E-state index is 0.0244. The number of ether oxygens (including phenoxy) is 1. The molecule has 0 saturated heterocycles. The van der Waals surface area contributed by atoms with Crippen molar-refractivity contribution in [1.29, 1.82) is 0 Å². The summed E-state index contributed by atoms with van der Waals surface area (Å²) in [6, 6.07) is 6.63. The first-order chi connectivity index (χ1) is 10.6. The lowest BCUT2D eigenvalue weighted by molar-refractivity contribution is -0.140. The number of methoxy groups -OCH3 is 1. The topological polar surface area (TPSA) is 26.3 Å². The molecule has 4 atom stereocenters. The lowest BCUT2D eigenvalue weighted by atomic mass is 9.50. The lowest BCUT2D eigenvalue weighted by Crippen LogP contribution is -2.49. The first kappa shape index (κ1) is 14.3. The highest BCUT2D eigenvalue weighted by atomic mass is 16.5. The van der Waals surface area contributed by atoms with Crippen molar-refractivity contribution in [1.82, 2.24) is 0 Å². The number of carbonyl (C=O) groups is 1. The molecule has 2 saturated carbocycles. The van der Waals surface area contributed by atoms with Crippen LogP contribution in [0.3, 0.4) is 0 Å². The van der Waals surface area contributed by atoms with E-state index < -0.39 is 0 Å². The third-order valence-corrected chi connectivity index (χ3v) is 6.88. The largest absolute Gasteiger partial charge is 0.497 e. The van der Waals surface area contributed by atoms with Crippen LogP contribution in [0, 0.1) is 17.3 Å². The van der Waals surface area contributed by atoms with Gasteiger partial charge in [0.25, 0.3) is 0 Å². The fourth-order valence-corrected chi connectivity index (χ4v) is 5.65. The normalized spacial score (nSPS) is 37.0. The summed E-state index contributed by atoms with van der Waals surface area (Å²) >= 11 is 0. The van der Waals surface area contributed by atoms with Gasteiger partial charge in [0.05, 0.1) is 7.11 Å². The molecule has 0 amide bonds. The van der Waals surface area contributed by atoms with Gasteiger partial charge in [-0.25, -0.2) is 0 Å². The van der Waals surface area contributed by atoms with E-state index >= 15 is 0 Å². The Morgan fingerprint density at radius 3 is 2.86 bits per heavy atom. The second kappa shape index (κ2) is 5.11. The Hall–Kier alpha value is -1.31. The first-order valence-corrected chi connectivity index (χ1v) is 8.83. The Kier molecular flexibility index (Phi) is 3.32. The van der Waals surface area contributed by atoms with E-state index in [0.717, 1.165) is 31.4 Å². The molecule has 22 heavy (non-hydrogen) atoms. The number of fused-ring (bicyclic) bond motifs is 5. The fourth-order valence-electron chi connectivity index (χ4n) is 5.65. The number of ketones is 1. The van der Waals surface area contributed by atoms with Crippen molar-refractivity contribution >= 4 is 5.78 Å². The smallest absolute Gasteiger partial charge is 0.139 e. The van der Waals surface area contributed by atoms with Gasteiger partial charge >= 0.3 is 0 Å². The number of hydrogen-bond donors (Lipinski definition) is 0. The Bertz CT molecular complexity index is 606. The van der Waals surface area contributed by atoms with Gasteiger partial charge in [-0.2, -0.15) is 0 Å². The van der Waals surface area contributed by atoms with Crippen LogP contribution in [-0.2, 0) is 11.2 Å². The zero-order valence-corrected chi connectivity index (χ0v) is 13.7. The Morgan fingerprint density at radius 1 is 1.18 bits per heavy atom. The molecule has 2 fully saturated rings. The van der Waals surface area contributed by atoms with E-state index in [-0.39, 0.29) is 5.41 Å². The van der Waals surface area contributed by atoms with Crippen LogP contribution in [-0.4, -0.2) is 12.9 Å². The maximum atomic E-state index is 12.5. The molecule has 0 heterocycles. The Morgan fingerprint density at radius 2 is 2.05 bits per heavy atom. The third kappa shape index (κ3) is 1.96. The number of carbonyl (C=O) groups excluding carboxylic acids is 1. The maximum Gasteiger partial charge on any atom is 0.139 e. The number of benzene rings is 1. The number of rotatable bonds is 1. The summed E-state index contributed by atoms with van der Waals surface area (Å²) in [6.07, 6.45) is 7.85. The van der Waals surface area contributed by atoms with Gasteiger partial charge in [0, 0.05) is 11.8 Å². The van der Waals surface area contributed by atoms with E-state index in [1.165, 1.54) is 30.4 Å². The van der Waals surface area contributed by atoms with Gasteiger partial charge in [-0.1, -0.05) is 13.0 Å². The molecule has 0 spiro atoms. The molecule has 3 aliphatic carbocycles. The predicted molar refractivity (Wildman–Crippen MR) is 87.2 cm³/mol. The van der Waals surface area contributed by atoms with Gasteiger partial charge in [0.15, 0.2) is 0 Å². The van der Waals surface area contributed by atoms with E-state index in [2.05, 4.69) is 25.1 Å². The van der Waals surface area contributed by atoms with Crippen molar-refractivity contribution in [3.8, 4) is 5.75 Å². The molecular formula is C20H26O2. The lowest BCUT2D eigenvalue weighted by Gasteiger charge is -2.53. The Labute approximate surface area is 133 Å². The average Bonchev–Trinajstić information content (AvgIpc) is 2.55. The van der Waals surface area contributed by atoms with Crippen molar-refractivity contribution in [3.05, 3.63) is 29.3 Å². The molecule has 118 valence electrons. The predicted octanol–water partition coefficient (Wildman–Crippen LogP) is 4.51. The number of Topliss-reactive ketones (excluding diaryl/α,β-unsaturated/α-hetero) is 1. The molecule has 0 bridgehead atoms. The van der Waals surface area contributed by atoms with E-state index in [1.54, 1.807) is 7.11 Å². The summed E-state index contributed by atoms with van der Waals surface area (Å²) in [5.74, 6) is 3.51. The highest BCUT2D eigenvalue weighted by Crippen LogP contribution is 2.58. The molecule has 2 heteroatoms. The van der Waals surface area contributed by atoms with Crippen LogP contribution in [0.5, 0.6) is 5.75 Å². The van der Waals surface area contributed by atoms with Crippen LogP contribution < -0.4 is 4.74 Å². The molecule has 3 aliphatic rings. The molecule has 1 aromatic rings. The number of hydrogen-bond acceptors (Lipinski definition) is 2. The molecule has 0 aromatic heterocycles. The van der Waals surface area contributed by atoms with Gasteiger partial charge in [0.2, 0.25) is 0 Å². The molecule has 0 radical (unpaired) electrons. The van der Waals surface area contributed by atoms with Gasteiger partial charge in [-0.15, -0.1) is 0 Å². The van der Waals surface area contributed by atoms with Gasteiger partial charge in [0.1, 0.15) is 11.5 Å². The second-order valence-corrected chi connectivity index (χ2v) is 7.75. The third-order valence-electron chi connectivity index (χ3n) is 6.88. The highest BCUT2D eigenvalue weighted by molar-refractivity contribution is 5.85. The molecule has 1 aromatic carbocycles. The van der Waals surface area contributed by atoms with Crippen LogP contribution in [0.25, 0.3) is 0 Å².